The minimum absolute atomic E-state index is 0.120. The van der Waals surface area contributed by atoms with Crippen LogP contribution in [-0.2, 0) is 5.41 Å². The third-order valence-electron chi connectivity index (χ3n) is 5.98. The molecule has 1 aliphatic rings. The van der Waals surface area contributed by atoms with Gasteiger partial charge in [0.1, 0.15) is 23.0 Å². The summed E-state index contributed by atoms with van der Waals surface area (Å²) in [4.78, 5) is 0. The quantitative estimate of drug-likeness (QED) is 0.408. The van der Waals surface area contributed by atoms with Gasteiger partial charge >= 0.3 is 0 Å². The lowest BCUT2D eigenvalue weighted by Gasteiger charge is -2.26. The zero-order valence-corrected chi connectivity index (χ0v) is 18.8. The van der Waals surface area contributed by atoms with E-state index in [1.54, 1.807) is 0 Å². The fraction of sp³-hybridized carbons (Fsp3) is 0.241. The Labute approximate surface area is 185 Å². The molecule has 2 nitrogen and oxygen atoms in total. The van der Waals surface area contributed by atoms with Crippen LogP contribution < -0.4 is 9.47 Å². The Bertz CT molecular complexity index is 1080. The van der Waals surface area contributed by atoms with Crippen molar-refractivity contribution in [1.82, 2.24) is 0 Å². The second kappa shape index (κ2) is 8.85. The summed E-state index contributed by atoms with van der Waals surface area (Å²) >= 11 is 0. The molecule has 0 atom stereocenters. The summed E-state index contributed by atoms with van der Waals surface area (Å²) in [6, 6.07) is 25.0. The van der Waals surface area contributed by atoms with Crippen LogP contribution in [0.25, 0.3) is 0 Å². The predicted octanol–water partition coefficient (Wildman–Crippen LogP) is 8.12. The van der Waals surface area contributed by atoms with Gasteiger partial charge in [-0.3, -0.25) is 0 Å². The Morgan fingerprint density at radius 2 is 1.06 bits per heavy atom. The highest BCUT2D eigenvalue weighted by Crippen LogP contribution is 2.34. The van der Waals surface area contributed by atoms with Crippen molar-refractivity contribution < 1.29 is 9.47 Å². The lowest BCUT2D eigenvalue weighted by molar-refractivity contribution is 0.400. The number of allylic oxidation sites excluding steroid dienone is 4. The van der Waals surface area contributed by atoms with Gasteiger partial charge in [-0.1, -0.05) is 67.5 Å². The smallest absolute Gasteiger partial charge is 0.127 e. The number of ether oxygens (including phenoxy) is 2. The molecule has 31 heavy (non-hydrogen) atoms. The molecule has 158 valence electrons. The minimum Gasteiger partial charge on any atom is -0.462 e. The van der Waals surface area contributed by atoms with Crippen molar-refractivity contribution in [2.45, 2.75) is 46.0 Å². The third-order valence-corrected chi connectivity index (χ3v) is 5.98. The zero-order valence-electron chi connectivity index (χ0n) is 18.8. The summed E-state index contributed by atoms with van der Waals surface area (Å²) in [5.41, 5.74) is 5.00. The Morgan fingerprint density at radius 1 is 0.581 bits per heavy atom. The van der Waals surface area contributed by atoms with Crippen LogP contribution in [-0.4, -0.2) is 0 Å². The van der Waals surface area contributed by atoms with Crippen LogP contribution in [0.3, 0.4) is 0 Å². The molecule has 2 heteroatoms. The van der Waals surface area contributed by atoms with Gasteiger partial charge in [0.25, 0.3) is 0 Å². The molecule has 0 heterocycles. The van der Waals surface area contributed by atoms with Gasteiger partial charge in [-0.15, -0.1) is 0 Å². The molecule has 0 unspecified atom stereocenters. The summed E-state index contributed by atoms with van der Waals surface area (Å²) in [6.45, 7) is 8.72. The number of rotatable bonds is 6. The number of hydrogen-bond acceptors (Lipinski definition) is 2. The average molecular weight is 411 g/mol. The molecular weight excluding hydrogens is 380 g/mol. The van der Waals surface area contributed by atoms with Crippen molar-refractivity contribution in [3.63, 3.8) is 0 Å². The molecule has 3 aromatic carbocycles. The fourth-order valence-corrected chi connectivity index (χ4v) is 3.75. The van der Waals surface area contributed by atoms with E-state index < -0.39 is 0 Å². The molecule has 0 N–H and O–H groups in total. The second-order valence-electron chi connectivity index (χ2n) is 8.84. The second-order valence-corrected chi connectivity index (χ2v) is 8.84. The van der Waals surface area contributed by atoms with Crippen LogP contribution in [0.1, 0.15) is 50.3 Å². The summed E-state index contributed by atoms with van der Waals surface area (Å²) in [5, 5.41) is 0. The van der Waals surface area contributed by atoms with Crippen molar-refractivity contribution in [2.24, 2.45) is 0 Å². The summed E-state index contributed by atoms with van der Waals surface area (Å²) in [7, 11) is 0. The van der Waals surface area contributed by atoms with E-state index in [-0.39, 0.29) is 5.41 Å². The molecule has 0 aromatic heterocycles. The molecule has 0 bridgehead atoms. The first-order chi connectivity index (χ1) is 14.9. The summed E-state index contributed by atoms with van der Waals surface area (Å²) in [6.07, 6.45) is 6.26. The molecule has 0 saturated carbocycles. The summed E-state index contributed by atoms with van der Waals surface area (Å²) < 4.78 is 12.0. The summed E-state index contributed by atoms with van der Waals surface area (Å²) in [5.74, 6) is 3.62. The Morgan fingerprint density at radius 3 is 1.55 bits per heavy atom. The molecule has 0 radical (unpaired) electrons. The highest BCUT2D eigenvalue weighted by Gasteiger charge is 2.23. The number of hydrogen-bond donors (Lipinski definition) is 0. The van der Waals surface area contributed by atoms with E-state index >= 15 is 0 Å². The van der Waals surface area contributed by atoms with Crippen LogP contribution in [0.4, 0.5) is 0 Å². The van der Waals surface area contributed by atoms with E-state index in [4.69, 9.17) is 9.47 Å². The highest BCUT2D eigenvalue weighted by molar-refractivity contribution is 5.43. The fourth-order valence-electron chi connectivity index (χ4n) is 3.75. The molecule has 0 aliphatic heterocycles. The first-order valence-corrected chi connectivity index (χ1v) is 10.9. The monoisotopic (exact) mass is 410 g/mol. The Balaban J connectivity index is 1.45. The van der Waals surface area contributed by atoms with E-state index in [1.807, 2.05) is 24.3 Å². The normalized spacial score (nSPS) is 13.9. The number of aryl methyl sites for hydroxylation is 1. The highest BCUT2D eigenvalue weighted by atomic mass is 16.5. The van der Waals surface area contributed by atoms with E-state index in [2.05, 4.69) is 88.4 Å². The van der Waals surface area contributed by atoms with Gasteiger partial charge in [-0.25, -0.2) is 0 Å². The Kier molecular flexibility index (Phi) is 5.99. The molecule has 0 amide bonds. The molecule has 1 aliphatic carbocycles. The zero-order chi connectivity index (χ0) is 21.8. The molecule has 0 saturated heterocycles. The van der Waals surface area contributed by atoms with E-state index in [0.717, 1.165) is 35.8 Å². The van der Waals surface area contributed by atoms with Crippen molar-refractivity contribution in [3.8, 4) is 17.2 Å². The lowest BCUT2D eigenvalue weighted by atomic mass is 9.78. The van der Waals surface area contributed by atoms with Crippen LogP contribution in [0, 0.1) is 6.92 Å². The average Bonchev–Trinajstić information content (AvgIpc) is 2.78. The lowest BCUT2D eigenvalue weighted by Crippen LogP contribution is -2.18. The molecule has 3 aromatic rings. The van der Waals surface area contributed by atoms with Crippen LogP contribution in [0.5, 0.6) is 17.2 Å². The van der Waals surface area contributed by atoms with Gasteiger partial charge in [0, 0.05) is 11.8 Å². The first kappa shape index (κ1) is 21.0. The van der Waals surface area contributed by atoms with Crippen LogP contribution >= 0.6 is 0 Å². The van der Waals surface area contributed by atoms with Gasteiger partial charge in [0.15, 0.2) is 0 Å². The van der Waals surface area contributed by atoms with E-state index in [1.165, 1.54) is 22.3 Å². The van der Waals surface area contributed by atoms with E-state index in [0.29, 0.717) is 0 Å². The van der Waals surface area contributed by atoms with Crippen LogP contribution in [0.15, 0.2) is 96.3 Å². The predicted molar refractivity (Wildman–Crippen MR) is 128 cm³/mol. The Hall–Kier alpha value is -3.26. The first-order valence-electron chi connectivity index (χ1n) is 10.9. The number of benzene rings is 3. The maximum Gasteiger partial charge on any atom is 0.127 e. The van der Waals surface area contributed by atoms with Gasteiger partial charge in [-0.2, -0.15) is 0 Å². The minimum atomic E-state index is -0.120. The topological polar surface area (TPSA) is 18.5 Å². The van der Waals surface area contributed by atoms with E-state index in [9.17, 15) is 0 Å². The molecular formula is C29H30O2. The van der Waals surface area contributed by atoms with Crippen molar-refractivity contribution in [1.29, 1.82) is 0 Å². The molecule has 4 rings (SSSR count). The van der Waals surface area contributed by atoms with Gasteiger partial charge in [0.05, 0.1) is 0 Å². The molecule has 0 spiro atoms. The van der Waals surface area contributed by atoms with Gasteiger partial charge in [-0.05, 0) is 73.9 Å². The van der Waals surface area contributed by atoms with Gasteiger partial charge in [0.2, 0.25) is 0 Å². The SMILES string of the molecule is CC1=CC=C(Oc2ccc(C(C)(C)c3ccc(Oc4ccc(C)cc4)cc3)cc2)CC1. The third kappa shape index (κ3) is 5.08. The maximum absolute atomic E-state index is 6.06. The van der Waals surface area contributed by atoms with Crippen molar-refractivity contribution >= 4 is 0 Å². The maximum atomic E-state index is 6.06. The van der Waals surface area contributed by atoms with Crippen molar-refractivity contribution in [3.05, 3.63) is 113 Å². The molecule has 0 fully saturated rings. The standard InChI is InChI=1S/C29H30O2/c1-21-5-13-25(14-6-21)30-27-17-9-23(10-18-27)29(3,4)24-11-19-28(20-12-24)31-26-15-7-22(2)8-16-26/h5-7,9-15,17-20H,8,16H2,1-4H3. The largest absolute Gasteiger partial charge is 0.462 e. The van der Waals surface area contributed by atoms with Crippen LogP contribution in [0.2, 0.25) is 0 Å². The van der Waals surface area contributed by atoms with Gasteiger partial charge < -0.3 is 9.47 Å². The van der Waals surface area contributed by atoms with Crippen molar-refractivity contribution in [2.75, 3.05) is 0 Å².